The van der Waals surface area contributed by atoms with Crippen molar-refractivity contribution in [2.45, 2.75) is 43.4 Å². The Morgan fingerprint density at radius 3 is 2.81 bits per heavy atom. The average Bonchev–Trinajstić information content (AvgIpc) is 2.76. The van der Waals surface area contributed by atoms with Crippen LogP contribution < -0.4 is 10.5 Å². The van der Waals surface area contributed by atoms with Crippen LogP contribution in [0.15, 0.2) is 70.4 Å². The molecule has 0 amide bonds. The first-order valence-electron chi connectivity index (χ1n) is 10.4. The van der Waals surface area contributed by atoms with Crippen LogP contribution in [0.2, 0.25) is 0 Å². The number of aromatic nitrogens is 1. The highest BCUT2D eigenvalue weighted by Crippen LogP contribution is 2.49. The van der Waals surface area contributed by atoms with Crippen LogP contribution in [0.25, 0.3) is 0 Å². The quantitative estimate of drug-likeness (QED) is 0.655. The Labute approximate surface area is 192 Å². The second kappa shape index (κ2) is 8.71. The number of nitrogens with zero attached hydrogens (tertiary/aromatic N) is 2. The summed E-state index contributed by atoms with van der Waals surface area (Å²) in [5.74, 6) is 1.39. The highest BCUT2D eigenvalue weighted by molar-refractivity contribution is 7.98. The molecule has 2 N–H and O–H groups in total. The summed E-state index contributed by atoms with van der Waals surface area (Å²) in [4.78, 5) is 17.6. The van der Waals surface area contributed by atoms with Crippen molar-refractivity contribution in [2.24, 2.45) is 11.1 Å². The van der Waals surface area contributed by atoms with Gasteiger partial charge in [-0.2, -0.15) is 5.26 Å². The zero-order valence-electron chi connectivity index (χ0n) is 18.3. The Balaban J connectivity index is 1.82. The van der Waals surface area contributed by atoms with E-state index in [1.807, 2.05) is 50.2 Å². The number of carbonyl (C=O) groups excluding carboxylic acids is 1. The summed E-state index contributed by atoms with van der Waals surface area (Å²) in [6.07, 6.45) is 2.75. The van der Waals surface area contributed by atoms with Gasteiger partial charge in [0.15, 0.2) is 5.78 Å². The minimum Gasteiger partial charge on any atom is -0.497 e. The molecule has 2 heterocycles. The smallest absolute Gasteiger partial charge is 0.205 e. The molecule has 0 radical (unpaired) electrons. The van der Waals surface area contributed by atoms with E-state index in [1.165, 1.54) is 0 Å². The van der Waals surface area contributed by atoms with Crippen LogP contribution >= 0.6 is 11.8 Å². The van der Waals surface area contributed by atoms with Gasteiger partial charge in [0.05, 0.1) is 18.1 Å². The van der Waals surface area contributed by atoms with E-state index >= 15 is 0 Å². The molecule has 1 aliphatic heterocycles. The third-order valence-corrected chi connectivity index (χ3v) is 6.74. The van der Waals surface area contributed by atoms with E-state index in [2.05, 4.69) is 11.1 Å². The predicted molar refractivity (Wildman–Crippen MR) is 122 cm³/mol. The maximum Gasteiger partial charge on any atom is 0.205 e. The highest BCUT2D eigenvalue weighted by Gasteiger charge is 2.43. The van der Waals surface area contributed by atoms with Gasteiger partial charge < -0.3 is 15.2 Å². The monoisotopic (exact) mass is 447 g/mol. The summed E-state index contributed by atoms with van der Waals surface area (Å²) in [6, 6.07) is 13.7. The number of carbonyl (C=O) groups is 1. The van der Waals surface area contributed by atoms with Crippen molar-refractivity contribution in [1.29, 1.82) is 5.26 Å². The minimum atomic E-state index is -0.558. The second-order valence-electron chi connectivity index (χ2n) is 8.72. The SMILES string of the molecule is COc1ccc([C@H]2C(C#N)=C(N)OC3=C2C(=O)CC(C)(C)C3)c(CSc2ccccn2)c1. The fourth-order valence-electron chi connectivity index (χ4n) is 4.30. The van der Waals surface area contributed by atoms with Crippen molar-refractivity contribution in [3.63, 3.8) is 0 Å². The number of thioether (sulfide) groups is 1. The van der Waals surface area contributed by atoms with Gasteiger partial charge in [0.2, 0.25) is 5.88 Å². The number of hydrogen-bond donors (Lipinski definition) is 1. The van der Waals surface area contributed by atoms with Crippen LogP contribution in [0.5, 0.6) is 5.75 Å². The molecule has 1 atom stereocenters. The van der Waals surface area contributed by atoms with E-state index in [4.69, 9.17) is 15.2 Å². The number of benzene rings is 1. The fraction of sp³-hybridized carbons (Fsp3) is 0.320. The van der Waals surface area contributed by atoms with E-state index in [0.29, 0.717) is 35.7 Å². The molecule has 32 heavy (non-hydrogen) atoms. The molecule has 6 nitrogen and oxygen atoms in total. The van der Waals surface area contributed by atoms with E-state index in [1.54, 1.807) is 25.1 Å². The van der Waals surface area contributed by atoms with Gasteiger partial charge in [-0.15, -0.1) is 11.8 Å². The first-order chi connectivity index (χ1) is 15.3. The van der Waals surface area contributed by atoms with Crippen molar-refractivity contribution in [3.8, 4) is 11.8 Å². The topological polar surface area (TPSA) is 98.2 Å². The number of Topliss-reactive ketones (excluding diaryl/α,β-unsaturated/α-hetero) is 1. The summed E-state index contributed by atoms with van der Waals surface area (Å²) < 4.78 is 11.3. The summed E-state index contributed by atoms with van der Waals surface area (Å²) in [7, 11) is 1.62. The Hall–Kier alpha value is -3.24. The molecule has 0 spiro atoms. The molecule has 4 rings (SSSR count). The molecule has 0 bridgehead atoms. The molecule has 1 aromatic carbocycles. The number of pyridine rings is 1. The molecule has 1 aliphatic carbocycles. The first kappa shape index (κ1) is 22.0. The van der Waals surface area contributed by atoms with Crippen molar-refractivity contribution < 1.29 is 14.3 Å². The maximum atomic E-state index is 13.3. The number of ether oxygens (including phenoxy) is 2. The number of methoxy groups -OCH3 is 1. The van der Waals surface area contributed by atoms with Crippen LogP contribution in [-0.2, 0) is 15.3 Å². The predicted octanol–water partition coefficient (Wildman–Crippen LogP) is 4.83. The summed E-state index contributed by atoms with van der Waals surface area (Å²) in [6.45, 7) is 4.07. The van der Waals surface area contributed by atoms with E-state index in [0.717, 1.165) is 16.2 Å². The van der Waals surface area contributed by atoms with E-state index in [-0.39, 0.29) is 22.7 Å². The molecular formula is C25H25N3O3S. The fourth-order valence-corrected chi connectivity index (χ4v) is 5.16. The molecule has 0 fully saturated rings. The molecule has 164 valence electrons. The van der Waals surface area contributed by atoms with E-state index < -0.39 is 5.92 Å². The number of rotatable bonds is 5. The summed E-state index contributed by atoms with van der Waals surface area (Å²) in [5.41, 5.74) is 8.59. The van der Waals surface area contributed by atoms with Crippen LogP contribution in [0, 0.1) is 16.7 Å². The molecular weight excluding hydrogens is 422 g/mol. The summed E-state index contributed by atoms with van der Waals surface area (Å²) in [5, 5.41) is 10.8. The Kier molecular flexibility index (Phi) is 5.98. The van der Waals surface area contributed by atoms with Gasteiger partial charge in [0.25, 0.3) is 0 Å². The van der Waals surface area contributed by atoms with Gasteiger partial charge in [-0.25, -0.2) is 4.98 Å². The maximum absolute atomic E-state index is 13.3. The Morgan fingerprint density at radius 1 is 1.31 bits per heavy atom. The number of allylic oxidation sites excluding steroid dienone is 3. The van der Waals surface area contributed by atoms with Gasteiger partial charge in [-0.1, -0.05) is 26.0 Å². The standard InChI is InChI=1S/C25H25N3O3S/c1-25(2)11-19(29)23-20(12-25)31-24(27)18(13-26)22(23)17-8-7-16(30-3)10-15(17)14-32-21-6-4-5-9-28-21/h4-10,22H,11-12,14,27H2,1-3H3/t22-/m0/s1. The molecule has 7 heteroatoms. The van der Waals surface area contributed by atoms with Crippen LogP contribution in [0.3, 0.4) is 0 Å². The molecule has 0 unspecified atom stereocenters. The zero-order valence-corrected chi connectivity index (χ0v) is 19.2. The molecule has 0 saturated heterocycles. The van der Waals surface area contributed by atoms with Crippen molar-refractivity contribution in [3.05, 3.63) is 76.5 Å². The van der Waals surface area contributed by atoms with Gasteiger partial charge in [0, 0.05) is 30.4 Å². The Bertz CT molecular complexity index is 1160. The third-order valence-electron chi connectivity index (χ3n) is 5.75. The van der Waals surface area contributed by atoms with Crippen LogP contribution in [-0.4, -0.2) is 17.9 Å². The van der Waals surface area contributed by atoms with Crippen molar-refractivity contribution in [1.82, 2.24) is 4.98 Å². The largest absolute Gasteiger partial charge is 0.497 e. The molecule has 2 aliphatic rings. The third kappa shape index (κ3) is 4.23. The lowest BCUT2D eigenvalue weighted by Crippen LogP contribution is -2.33. The lowest BCUT2D eigenvalue weighted by atomic mass is 9.70. The number of nitriles is 1. The normalized spacial score (nSPS) is 19.8. The number of nitrogens with two attached hydrogens (primary N) is 1. The highest BCUT2D eigenvalue weighted by atomic mass is 32.2. The van der Waals surface area contributed by atoms with Gasteiger partial charge >= 0.3 is 0 Å². The molecule has 2 aromatic rings. The second-order valence-corrected chi connectivity index (χ2v) is 9.72. The van der Waals surface area contributed by atoms with Crippen molar-refractivity contribution in [2.75, 3.05) is 7.11 Å². The molecule has 0 saturated carbocycles. The lowest BCUT2D eigenvalue weighted by Gasteiger charge is -2.37. The summed E-state index contributed by atoms with van der Waals surface area (Å²) >= 11 is 1.58. The minimum absolute atomic E-state index is 0.000599. The Morgan fingerprint density at radius 2 is 2.12 bits per heavy atom. The van der Waals surface area contributed by atoms with Crippen LogP contribution in [0.4, 0.5) is 0 Å². The molecule has 1 aromatic heterocycles. The number of ketones is 1. The average molecular weight is 448 g/mol. The zero-order chi connectivity index (χ0) is 22.9. The number of hydrogen-bond acceptors (Lipinski definition) is 7. The first-order valence-corrected chi connectivity index (χ1v) is 11.4. The van der Waals surface area contributed by atoms with E-state index in [9.17, 15) is 10.1 Å². The van der Waals surface area contributed by atoms with Gasteiger partial charge in [0.1, 0.15) is 23.2 Å². The van der Waals surface area contributed by atoms with Gasteiger partial charge in [-0.05, 0) is 40.8 Å². The lowest BCUT2D eigenvalue weighted by molar-refractivity contribution is -0.119. The van der Waals surface area contributed by atoms with Gasteiger partial charge in [-0.3, -0.25) is 4.79 Å². The van der Waals surface area contributed by atoms with Crippen LogP contribution in [0.1, 0.15) is 43.7 Å². The van der Waals surface area contributed by atoms with Crippen molar-refractivity contribution >= 4 is 17.5 Å².